The summed E-state index contributed by atoms with van der Waals surface area (Å²) in [7, 11) is -1.49. The third-order valence-electron chi connectivity index (χ3n) is 4.07. The SMILES string of the molecule is C[Si](C)(C)c1cnc(C=Cc2cnc(NC(=O)NC3CCNCC3)s2)o1. The van der Waals surface area contributed by atoms with E-state index in [1.54, 1.807) is 6.20 Å². The van der Waals surface area contributed by atoms with Crippen LogP contribution in [0, 0.1) is 0 Å². The number of oxazole rings is 1. The maximum atomic E-state index is 12.1. The standard InChI is InChI=1S/C17H25N5O2SSi/c1-26(2,3)15-11-19-14(24-15)5-4-13-10-20-17(25-13)22-16(23)21-12-6-8-18-9-7-12/h4-5,10-12,18H,6-9H2,1-3H3,(H2,20,21,22,23). The molecule has 3 rings (SSSR count). The van der Waals surface area contributed by atoms with Crippen LogP contribution >= 0.6 is 11.3 Å². The number of nitrogens with one attached hydrogen (secondary N) is 3. The van der Waals surface area contributed by atoms with E-state index in [0.29, 0.717) is 11.0 Å². The number of nitrogens with zero attached hydrogens (tertiary/aromatic N) is 2. The van der Waals surface area contributed by atoms with Crippen molar-refractivity contribution in [2.24, 2.45) is 0 Å². The molecule has 0 aliphatic carbocycles. The molecule has 2 aromatic heterocycles. The van der Waals surface area contributed by atoms with E-state index in [4.69, 9.17) is 4.42 Å². The number of piperidine rings is 1. The molecule has 1 fully saturated rings. The minimum absolute atomic E-state index is 0.200. The Kier molecular flexibility index (Phi) is 5.89. The first kappa shape index (κ1) is 18.8. The fourth-order valence-corrected chi connectivity index (χ4v) is 4.15. The van der Waals surface area contributed by atoms with Crippen molar-refractivity contribution >= 4 is 48.1 Å². The normalized spacial score (nSPS) is 16.1. The lowest BCUT2D eigenvalue weighted by atomic mass is 10.1. The zero-order chi connectivity index (χ0) is 18.6. The molecule has 0 saturated carbocycles. The third kappa shape index (κ3) is 5.26. The van der Waals surface area contributed by atoms with E-state index in [1.807, 2.05) is 18.3 Å². The predicted molar refractivity (Wildman–Crippen MR) is 109 cm³/mol. The number of amides is 2. The van der Waals surface area contributed by atoms with Gasteiger partial charge in [-0.15, -0.1) is 0 Å². The minimum atomic E-state index is -1.49. The number of hydrogen-bond donors (Lipinski definition) is 3. The zero-order valence-electron chi connectivity index (χ0n) is 15.3. The number of hydrogen-bond acceptors (Lipinski definition) is 6. The molecule has 1 saturated heterocycles. The van der Waals surface area contributed by atoms with Crippen molar-refractivity contribution in [1.82, 2.24) is 20.6 Å². The molecule has 0 atom stereocenters. The van der Waals surface area contributed by atoms with Crippen LogP contribution in [0.1, 0.15) is 23.6 Å². The maximum Gasteiger partial charge on any atom is 0.321 e. The molecular formula is C17H25N5O2SSi. The summed E-state index contributed by atoms with van der Waals surface area (Å²) in [5.41, 5.74) is 0. The minimum Gasteiger partial charge on any atom is -0.447 e. The number of carbonyl (C=O) groups is 1. The first-order valence-electron chi connectivity index (χ1n) is 8.78. The van der Waals surface area contributed by atoms with Crippen LogP contribution in [0.3, 0.4) is 0 Å². The van der Waals surface area contributed by atoms with Crippen LogP contribution < -0.4 is 21.3 Å². The molecule has 3 heterocycles. The monoisotopic (exact) mass is 391 g/mol. The van der Waals surface area contributed by atoms with Gasteiger partial charge in [-0.25, -0.2) is 14.8 Å². The lowest BCUT2D eigenvalue weighted by Crippen LogP contribution is -2.44. The number of carbonyl (C=O) groups excluding carboxylic acids is 1. The van der Waals surface area contributed by atoms with Crippen molar-refractivity contribution < 1.29 is 9.21 Å². The molecule has 1 aliphatic heterocycles. The molecule has 2 aromatic rings. The van der Waals surface area contributed by atoms with E-state index in [-0.39, 0.29) is 12.1 Å². The van der Waals surface area contributed by atoms with Crippen molar-refractivity contribution in [3.8, 4) is 0 Å². The van der Waals surface area contributed by atoms with Gasteiger partial charge in [-0.3, -0.25) is 5.32 Å². The van der Waals surface area contributed by atoms with Crippen LogP contribution in [-0.2, 0) is 0 Å². The average Bonchev–Trinajstić information content (AvgIpc) is 3.22. The van der Waals surface area contributed by atoms with Crippen LogP contribution in [0.5, 0.6) is 0 Å². The Labute approximate surface area is 158 Å². The van der Waals surface area contributed by atoms with Gasteiger partial charge in [0, 0.05) is 23.2 Å². The van der Waals surface area contributed by atoms with Crippen molar-refractivity contribution in [1.29, 1.82) is 0 Å². The predicted octanol–water partition coefficient (Wildman–Crippen LogP) is 2.72. The summed E-state index contributed by atoms with van der Waals surface area (Å²) in [6.45, 7) is 8.54. The van der Waals surface area contributed by atoms with Gasteiger partial charge in [0.2, 0.25) is 5.89 Å². The van der Waals surface area contributed by atoms with Gasteiger partial charge in [0.1, 0.15) is 13.5 Å². The van der Waals surface area contributed by atoms with Gasteiger partial charge in [-0.05, 0) is 32.0 Å². The Morgan fingerprint density at radius 1 is 1.27 bits per heavy atom. The van der Waals surface area contributed by atoms with Gasteiger partial charge >= 0.3 is 6.03 Å². The maximum absolute atomic E-state index is 12.1. The third-order valence-corrected chi connectivity index (χ3v) is 6.66. The molecule has 9 heteroatoms. The second-order valence-corrected chi connectivity index (χ2v) is 13.4. The summed E-state index contributed by atoms with van der Waals surface area (Å²) in [4.78, 5) is 21.5. The smallest absolute Gasteiger partial charge is 0.321 e. The second-order valence-electron chi connectivity index (χ2n) is 7.34. The summed E-state index contributed by atoms with van der Waals surface area (Å²) >= 11 is 1.41. The van der Waals surface area contributed by atoms with Gasteiger partial charge in [0.05, 0.1) is 6.20 Å². The average molecular weight is 392 g/mol. The van der Waals surface area contributed by atoms with Crippen molar-refractivity contribution in [2.75, 3.05) is 18.4 Å². The molecule has 140 valence electrons. The molecule has 1 aliphatic rings. The van der Waals surface area contributed by atoms with Crippen LogP contribution in [0.25, 0.3) is 12.2 Å². The fourth-order valence-electron chi connectivity index (χ4n) is 2.57. The highest BCUT2D eigenvalue weighted by Gasteiger charge is 2.21. The first-order chi connectivity index (χ1) is 12.4. The summed E-state index contributed by atoms with van der Waals surface area (Å²) < 4.78 is 5.79. The number of urea groups is 1. The molecule has 0 bridgehead atoms. The quantitative estimate of drug-likeness (QED) is 0.682. The van der Waals surface area contributed by atoms with Crippen LogP contribution in [-0.4, -0.2) is 43.2 Å². The molecule has 0 spiro atoms. The summed E-state index contributed by atoms with van der Waals surface area (Å²) in [6.07, 6.45) is 9.17. The Morgan fingerprint density at radius 3 is 2.73 bits per heavy atom. The van der Waals surface area contributed by atoms with E-state index in [2.05, 4.69) is 45.6 Å². The van der Waals surface area contributed by atoms with Crippen molar-refractivity contribution in [3.63, 3.8) is 0 Å². The number of thiazole rings is 1. The lowest BCUT2D eigenvalue weighted by molar-refractivity contribution is 0.245. The van der Waals surface area contributed by atoms with E-state index < -0.39 is 8.07 Å². The van der Waals surface area contributed by atoms with Gasteiger partial charge in [0.25, 0.3) is 0 Å². The topological polar surface area (TPSA) is 92.1 Å². The summed E-state index contributed by atoms with van der Waals surface area (Å²) in [6, 6.07) is 0.0235. The van der Waals surface area contributed by atoms with E-state index >= 15 is 0 Å². The van der Waals surface area contributed by atoms with Crippen LogP contribution in [0.2, 0.25) is 19.6 Å². The van der Waals surface area contributed by atoms with Gasteiger partial charge in [-0.1, -0.05) is 31.0 Å². The van der Waals surface area contributed by atoms with E-state index in [1.165, 1.54) is 11.3 Å². The molecule has 3 N–H and O–H groups in total. The van der Waals surface area contributed by atoms with Crippen LogP contribution in [0.15, 0.2) is 16.8 Å². The highest BCUT2D eigenvalue weighted by molar-refractivity contribution is 7.16. The van der Waals surface area contributed by atoms with Gasteiger partial charge in [-0.2, -0.15) is 0 Å². The lowest BCUT2D eigenvalue weighted by Gasteiger charge is -2.23. The van der Waals surface area contributed by atoms with Crippen LogP contribution in [0.4, 0.5) is 9.93 Å². The Hall–Kier alpha value is -1.97. The largest absolute Gasteiger partial charge is 0.447 e. The zero-order valence-corrected chi connectivity index (χ0v) is 17.2. The number of aromatic nitrogens is 2. The molecular weight excluding hydrogens is 366 g/mol. The van der Waals surface area contributed by atoms with Crippen molar-refractivity contribution in [2.45, 2.75) is 38.5 Å². The fraction of sp³-hybridized carbons (Fsp3) is 0.471. The Morgan fingerprint density at radius 2 is 2.04 bits per heavy atom. The highest BCUT2D eigenvalue weighted by Crippen LogP contribution is 2.20. The Bertz CT molecular complexity index is 774. The Balaban J connectivity index is 1.54. The molecule has 2 amide bonds. The van der Waals surface area contributed by atoms with E-state index in [0.717, 1.165) is 36.2 Å². The number of anilines is 1. The molecule has 0 aromatic carbocycles. The van der Waals surface area contributed by atoms with Crippen molar-refractivity contribution in [3.05, 3.63) is 23.2 Å². The summed E-state index contributed by atoms with van der Waals surface area (Å²) in [5.74, 6) is 0.592. The highest BCUT2D eigenvalue weighted by atomic mass is 32.1. The van der Waals surface area contributed by atoms with E-state index in [9.17, 15) is 4.79 Å². The van der Waals surface area contributed by atoms with Gasteiger partial charge in [0.15, 0.2) is 5.13 Å². The second kappa shape index (κ2) is 8.15. The molecule has 7 nitrogen and oxygen atoms in total. The molecule has 0 radical (unpaired) electrons. The molecule has 0 unspecified atom stereocenters. The molecule has 26 heavy (non-hydrogen) atoms. The summed E-state index contributed by atoms with van der Waals surface area (Å²) in [5, 5.41) is 10.6. The first-order valence-corrected chi connectivity index (χ1v) is 13.1. The van der Waals surface area contributed by atoms with Gasteiger partial charge < -0.3 is 15.1 Å². The number of rotatable bonds is 5.